The standard InChI is InChI=1S/C17H20N2O3S/c1-12-11-23-17(22)18(12)9-7-16(21)19-8-6-13-4-2-3-5-14(13)15(19)10-20/h2-5,11,15,20H,6-10H2,1H3. The van der Waals surface area contributed by atoms with Gasteiger partial charge in [0, 0.05) is 30.6 Å². The molecule has 1 atom stereocenters. The van der Waals surface area contributed by atoms with E-state index >= 15 is 0 Å². The van der Waals surface area contributed by atoms with Crippen molar-refractivity contribution in [3.8, 4) is 0 Å². The largest absolute Gasteiger partial charge is 0.394 e. The summed E-state index contributed by atoms with van der Waals surface area (Å²) in [7, 11) is 0. The van der Waals surface area contributed by atoms with Crippen LogP contribution in [0, 0.1) is 6.92 Å². The van der Waals surface area contributed by atoms with E-state index in [0.717, 1.165) is 29.0 Å². The molecular weight excluding hydrogens is 312 g/mol. The first kappa shape index (κ1) is 16.0. The van der Waals surface area contributed by atoms with Gasteiger partial charge in [-0.2, -0.15) is 0 Å². The van der Waals surface area contributed by atoms with Crippen molar-refractivity contribution < 1.29 is 9.90 Å². The highest BCUT2D eigenvalue weighted by atomic mass is 32.1. The predicted molar refractivity (Wildman–Crippen MR) is 89.6 cm³/mol. The normalized spacial score (nSPS) is 17.1. The average molecular weight is 332 g/mol. The van der Waals surface area contributed by atoms with Crippen LogP contribution in [0.1, 0.15) is 29.3 Å². The van der Waals surface area contributed by atoms with E-state index in [4.69, 9.17) is 0 Å². The lowest BCUT2D eigenvalue weighted by Crippen LogP contribution is -2.42. The minimum atomic E-state index is -0.284. The third-order valence-corrected chi connectivity index (χ3v) is 5.31. The Kier molecular flexibility index (Phi) is 4.63. The molecule has 0 saturated heterocycles. The van der Waals surface area contributed by atoms with Crippen molar-refractivity contribution in [3.05, 3.63) is 56.1 Å². The van der Waals surface area contributed by atoms with E-state index in [2.05, 4.69) is 0 Å². The first-order valence-electron chi connectivity index (χ1n) is 7.75. The third-order valence-electron chi connectivity index (χ3n) is 4.43. The average Bonchev–Trinajstić information content (AvgIpc) is 2.89. The molecule has 1 aromatic heterocycles. The van der Waals surface area contributed by atoms with Crippen molar-refractivity contribution >= 4 is 17.2 Å². The molecule has 2 aromatic rings. The molecular formula is C17H20N2O3S. The lowest BCUT2D eigenvalue weighted by Gasteiger charge is -2.36. The molecule has 6 heteroatoms. The molecule has 0 bridgehead atoms. The quantitative estimate of drug-likeness (QED) is 0.927. The molecule has 1 aliphatic rings. The number of fused-ring (bicyclic) bond motifs is 1. The first-order valence-corrected chi connectivity index (χ1v) is 8.63. The zero-order valence-corrected chi connectivity index (χ0v) is 13.9. The van der Waals surface area contributed by atoms with Gasteiger partial charge in [-0.1, -0.05) is 35.6 Å². The molecule has 0 aliphatic carbocycles. The molecule has 1 N–H and O–H groups in total. The molecule has 1 aromatic carbocycles. The van der Waals surface area contributed by atoms with Crippen LogP contribution in [0.3, 0.4) is 0 Å². The van der Waals surface area contributed by atoms with Crippen molar-refractivity contribution in [1.29, 1.82) is 0 Å². The van der Waals surface area contributed by atoms with Gasteiger partial charge in [0.15, 0.2) is 0 Å². The van der Waals surface area contributed by atoms with E-state index in [-0.39, 0.29) is 29.8 Å². The Hall–Kier alpha value is -1.92. The number of aliphatic hydroxyl groups excluding tert-OH is 1. The topological polar surface area (TPSA) is 62.5 Å². The summed E-state index contributed by atoms with van der Waals surface area (Å²) in [4.78, 5) is 26.0. The number of carbonyl (C=O) groups excluding carboxylic acids is 1. The van der Waals surface area contributed by atoms with E-state index in [9.17, 15) is 14.7 Å². The highest BCUT2D eigenvalue weighted by molar-refractivity contribution is 7.07. The highest BCUT2D eigenvalue weighted by Crippen LogP contribution is 2.29. The number of benzene rings is 1. The Morgan fingerprint density at radius 2 is 2.17 bits per heavy atom. The number of carbonyl (C=O) groups is 1. The van der Waals surface area contributed by atoms with E-state index in [0.29, 0.717) is 13.1 Å². The lowest BCUT2D eigenvalue weighted by atomic mass is 9.93. The molecule has 122 valence electrons. The van der Waals surface area contributed by atoms with E-state index in [1.165, 1.54) is 5.56 Å². The summed E-state index contributed by atoms with van der Waals surface area (Å²) in [6.45, 7) is 2.79. The Bertz CT molecular complexity index is 765. The lowest BCUT2D eigenvalue weighted by molar-refractivity contribution is -0.135. The molecule has 1 aliphatic heterocycles. The Labute approximate surface area is 138 Å². The maximum atomic E-state index is 12.6. The van der Waals surface area contributed by atoms with Gasteiger partial charge in [0.1, 0.15) is 0 Å². The van der Waals surface area contributed by atoms with Crippen LogP contribution in [-0.2, 0) is 17.8 Å². The van der Waals surface area contributed by atoms with Crippen molar-refractivity contribution in [3.63, 3.8) is 0 Å². The molecule has 0 radical (unpaired) electrons. The van der Waals surface area contributed by atoms with Crippen LogP contribution in [0.15, 0.2) is 34.4 Å². The van der Waals surface area contributed by atoms with Gasteiger partial charge in [0.05, 0.1) is 12.6 Å². The number of rotatable bonds is 4. The zero-order chi connectivity index (χ0) is 16.4. The van der Waals surface area contributed by atoms with E-state index in [1.807, 2.05) is 31.2 Å². The summed E-state index contributed by atoms with van der Waals surface area (Å²) in [5.74, 6) is -0.0175. The number of nitrogens with zero attached hydrogens (tertiary/aromatic N) is 2. The van der Waals surface area contributed by atoms with Crippen LogP contribution in [0.25, 0.3) is 0 Å². The van der Waals surface area contributed by atoms with Gasteiger partial charge >= 0.3 is 4.87 Å². The van der Waals surface area contributed by atoms with Crippen LogP contribution in [0.2, 0.25) is 0 Å². The number of aliphatic hydroxyl groups is 1. The number of hydrogen-bond acceptors (Lipinski definition) is 4. The number of amides is 1. The summed E-state index contributed by atoms with van der Waals surface area (Å²) in [6.07, 6.45) is 1.08. The van der Waals surface area contributed by atoms with Gasteiger partial charge in [-0.3, -0.25) is 9.59 Å². The van der Waals surface area contributed by atoms with Crippen molar-refractivity contribution in [2.24, 2.45) is 0 Å². The minimum absolute atomic E-state index is 0.0175. The van der Waals surface area contributed by atoms with Gasteiger partial charge in [-0.05, 0) is 24.5 Å². The van der Waals surface area contributed by atoms with Crippen LogP contribution in [0.5, 0.6) is 0 Å². The van der Waals surface area contributed by atoms with Gasteiger partial charge in [0.25, 0.3) is 0 Å². The fourth-order valence-corrected chi connectivity index (χ4v) is 3.93. The molecule has 1 amide bonds. The molecule has 1 unspecified atom stereocenters. The number of thiazole rings is 1. The fourth-order valence-electron chi connectivity index (χ4n) is 3.17. The second kappa shape index (κ2) is 6.68. The predicted octanol–water partition coefficient (Wildman–Crippen LogP) is 1.73. The van der Waals surface area contributed by atoms with E-state index in [1.54, 1.807) is 14.8 Å². The smallest absolute Gasteiger partial charge is 0.307 e. The molecule has 0 spiro atoms. The van der Waals surface area contributed by atoms with Crippen molar-refractivity contribution in [2.45, 2.75) is 32.4 Å². The monoisotopic (exact) mass is 332 g/mol. The second-order valence-corrected chi connectivity index (χ2v) is 6.60. The summed E-state index contributed by atoms with van der Waals surface area (Å²) < 4.78 is 1.63. The molecule has 5 nitrogen and oxygen atoms in total. The minimum Gasteiger partial charge on any atom is -0.394 e. The number of aryl methyl sites for hydroxylation is 1. The first-order chi connectivity index (χ1) is 11.1. The highest BCUT2D eigenvalue weighted by Gasteiger charge is 2.29. The fraction of sp³-hybridized carbons (Fsp3) is 0.412. The summed E-state index contributed by atoms with van der Waals surface area (Å²) >= 11 is 1.16. The molecule has 3 rings (SSSR count). The number of hydrogen-bond donors (Lipinski definition) is 1. The van der Waals surface area contributed by atoms with Gasteiger partial charge in [0.2, 0.25) is 5.91 Å². The molecule has 23 heavy (non-hydrogen) atoms. The van der Waals surface area contributed by atoms with Crippen LogP contribution in [0.4, 0.5) is 0 Å². The maximum Gasteiger partial charge on any atom is 0.307 e. The maximum absolute atomic E-state index is 12.6. The Morgan fingerprint density at radius 3 is 2.87 bits per heavy atom. The second-order valence-electron chi connectivity index (χ2n) is 5.78. The van der Waals surface area contributed by atoms with Gasteiger partial charge in [-0.25, -0.2) is 0 Å². The van der Waals surface area contributed by atoms with Gasteiger partial charge < -0.3 is 14.6 Å². The van der Waals surface area contributed by atoms with Crippen LogP contribution >= 0.6 is 11.3 Å². The zero-order valence-electron chi connectivity index (χ0n) is 13.1. The van der Waals surface area contributed by atoms with Crippen molar-refractivity contribution in [2.75, 3.05) is 13.2 Å². The molecule has 2 heterocycles. The van der Waals surface area contributed by atoms with Gasteiger partial charge in [-0.15, -0.1) is 0 Å². The SMILES string of the molecule is Cc1csc(=O)n1CCC(=O)N1CCc2ccccc2C1CO. The number of aromatic nitrogens is 1. The third kappa shape index (κ3) is 3.09. The summed E-state index contributed by atoms with van der Waals surface area (Å²) in [6, 6.07) is 7.66. The summed E-state index contributed by atoms with van der Waals surface area (Å²) in [5, 5.41) is 11.6. The van der Waals surface area contributed by atoms with Crippen LogP contribution < -0.4 is 4.87 Å². The Balaban J connectivity index is 1.74. The van der Waals surface area contributed by atoms with E-state index < -0.39 is 0 Å². The Morgan fingerprint density at radius 1 is 1.39 bits per heavy atom. The van der Waals surface area contributed by atoms with Crippen molar-refractivity contribution in [1.82, 2.24) is 9.47 Å². The molecule has 0 fully saturated rings. The summed E-state index contributed by atoms with van der Waals surface area (Å²) in [5.41, 5.74) is 3.11. The van der Waals surface area contributed by atoms with Crippen LogP contribution in [-0.4, -0.2) is 33.6 Å². The molecule has 0 saturated carbocycles.